The highest BCUT2D eigenvalue weighted by Crippen LogP contribution is 2.40. The summed E-state index contributed by atoms with van der Waals surface area (Å²) in [7, 11) is 0. The molecule has 0 aliphatic carbocycles. The van der Waals surface area contributed by atoms with E-state index in [4.69, 9.17) is 10.5 Å². The zero-order chi connectivity index (χ0) is 20.5. The number of allylic oxidation sites excluding steroid dienone is 1. The van der Waals surface area contributed by atoms with E-state index in [-0.39, 0.29) is 17.0 Å². The SMILES string of the molecule is Cc1ccc([C@@H]2C(C#N)=C(N)Oc3cc(C)n(Cc4cccnc4)c(=O)c32)cc1. The summed E-state index contributed by atoms with van der Waals surface area (Å²) in [5.41, 5.74) is 10.1. The number of nitrogens with zero attached hydrogens (tertiary/aromatic N) is 3. The number of hydrogen-bond donors (Lipinski definition) is 1. The summed E-state index contributed by atoms with van der Waals surface area (Å²) in [4.78, 5) is 17.7. The van der Waals surface area contributed by atoms with Crippen molar-refractivity contribution in [3.05, 3.63) is 105 Å². The number of aryl methyl sites for hydroxylation is 2. The fraction of sp³-hybridized carbons (Fsp3) is 0.174. The number of rotatable bonds is 3. The summed E-state index contributed by atoms with van der Waals surface area (Å²) < 4.78 is 7.36. The Morgan fingerprint density at radius 1 is 1.24 bits per heavy atom. The van der Waals surface area contributed by atoms with Crippen molar-refractivity contribution in [1.82, 2.24) is 9.55 Å². The number of aromatic nitrogens is 2. The van der Waals surface area contributed by atoms with Crippen LogP contribution < -0.4 is 16.0 Å². The van der Waals surface area contributed by atoms with Gasteiger partial charge < -0.3 is 15.0 Å². The van der Waals surface area contributed by atoms with Crippen LogP contribution in [0.1, 0.15) is 33.9 Å². The molecule has 1 aliphatic rings. The van der Waals surface area contributed by atoms with Crippen molar-refractivity contribution in [3.63, 3.8) is 0 Å². The van der Waals surface area contributed by atoms with Crippen LogP contribution in [-0.2, 0) is 6.54 Å². The lowest BCUT2D eigenvalue weighted by Gasteiger charge is -2.27. The quantitative estimate of drug-likeness (QED) is 0.749. The van der Waals surface area contributed by atoms with E-state index in [1.54, 1.807) is 23.0 Å². The minimum absolute atomic E-state index is 0.0365. The molecular weight excluding hydrogens is 364 g/mol. The van der Waals surface area contributed by atoms with E-state index < -0.39 is 5.92 Å². The zero-order valence-electron chi connectivity index (χ0n) is 16.2. The fourth-order valence-corrected chi connectivity index (χ4v) is 3.65. The third-order valence-corrected chi connectivity index (χ3v) is 5.16. The van der Waals surface area contributed by atoms with Crippen molar-refractivity contribution in [1.29, 1.82) is 5.26 Å². The third kappa shape index (κ3) is 3.27. The summed E-state index contributed by atoms with van der Waals surface area (Å²) >= 11 is 0. The molecule has 6 nitrogen and oxygen atoms in total. The maximum Gasteiger partial charge on any atom is 0.259 e. The van der Waals surface area contributed by atoms with Gasteiger partial charge in [0, 0.05) is 24.2 Å². The van der Waals surface area contributed by atoms with Gasteiger partial charge in [-0.3, -0.25) is 9.78 Å². The molecule has 3 aromatic rings. The van der Waals surface area contributed by atoms with Gasteiger partial charge in [-0.1, -0.05) is 35.9 Å². The van der Waals surface area contributed by atoms with Crippen LogP contribution in [0.2, 0.25) is 0 Å². The largest absolute Gasteiger partial charge is 0.440 e. The van der Waals surface area contributed by atoms with Crippen LogP contribution in [0.5, 0.6) is 5.75 Å². The number of nitriles is 1. The Kier molecular flexibility index (Phi) is 4.65. The van der Waals surface area contributed by atoms with Crippen LogP contribution in [0.4, 0.5) is 0 Å². The molecule has 3 heterocycles. The molecule has 6 heteroatoms. The van der Waals surface area contributed by atoms with E-state index in [0.717, 1.165) is 22.4 Å². The molecule has 1 aromatic carbocycles. The molecule has 0 spiro atoms. The van der Waals surface area contributed by atoms with Gasteiger partial charge in [-0.05, 0) is 31.0 Å². The highest BCUT2D eigenvalue weighted by Gasteiger charge is 2.34. The van der Waals surface area contributed by atoms with Crippen molar-refractivity contribution >= 4 is 0 Å². The Labute approximate surface area is 168 Å². The molecule has 2 N–H and O–H groups in total. The van der Waals surface area contributed by atoms with Crippen LogP contribution in [0.25, 0.3) is 0 Å². The lowest BCUT2D eigenvalue weighted by atomic mass is 9.83. The Hall–Kier alpha value is -3.85. The highest BCUT2D eigenvalue weighted by atomic mass is 16.5. The average molecular weight is 384 g/mol. The molecule has 2 aromatic heterocycles. The van der Waals surface area contributed by atoms with Gasteiger partial charge in [0.15, 0.2) is 0 Å². The molecule has 0 saturated heterocycles. The predicted octanol–water partition coefficient (Wildman–Crippen LogP) is 3.13. The maximum atomic E-state index is 13.5. The summed E-state index contributed by atoms with van der Waals surface area (Å²) in [6.07, 6.45) is 3.43. The van der Waals surface area contributed by atoms with Gasteiger partial charge in [0.1, 0.15) is 17.4 Å². The minimum atomic E-state index is -0.572. The van der Waals surface area contributed by atoms with Crippen LogP contribution in [0.3, 0.4) is 0 Å². The van der Waals surface area contributed by atoms with Crippen molar-refractivity contribution in [2.75, 3.05) is 0 Å². The minimum Gasteiger partial charge on any atom is -0.440 e. The van der Waals surface area contributed by atoms with E-state index in [9.17, 15) is 10.1 Å². The Balaban J connectivity index is 1.92. The summed E-state index contributed by atoms with van der Waals surface area (Å²) in [5.74, 6) is -0.135. The first-order valence-electron chi connectivity index (χ1n) is 9.27. The van der Waals surface area contributed by atoms with Gasteiger partial charge >= 0.3 is 0 Å². The second-order valence-corrected chi connectivity index (χ2v) is 7.15. The molecule has 29 heavy (non-hydrogen) atoms. The average Bonchev–Trinajstić information content (AvgIpc) is 2.71. The predicted molar refractivity (Wildman–Crippen MR) is 109 cm³/mol. The van der Waals surface area contributed by atoms with E-state index in [1.165, 1.54) is 0 Å². The number of ether oxygens (including phenoxy) is 1. The molecule has 0 radical (unpaired) electrons. The Morgan fingerprint density at radius 2 is 2.00 bits per heavy atom. The molecular formula is C23H20N4O2. The normalized spacial score (nSPS) is 15.4. The van der Waals surface area contributed by atoms with E-state index in [2.05, 4.69) is 11.1 Å². The van der Waals surface area contributed by atoms with Crippen molar-refractivity contribution in [2.24, 2.45) is 5.73 Å². The lowest BCUT2D eigenvalue weighted by molar-refractivity contribution is 0.389. The van der Waals surface area contributed by atoms with E-state index >= 15 is 0 Å². The van der Waals surface area contributed by atoms with Crippen molar-refractivity contribution in [2.45, 2.75) is 26.3 Å². The molecule has 4 rings (SSSR count). The fourth-order valence-electron chi connectivity index (χ4n) is 3.65. The number of pyridine rings is 2. The monoisotopic (exact) mass is 384 g/mol. The number of nitrogens with two attached hydrogens (primary N) is 1. The van der Waals surface area contributed by atoms with Gasteiger partial charge in [0.05, 0.1) is 18.0 Å². The maximum absolute atomic E-state index is 13.5. The summed E-state index contributed by atoms with van der Waals surface area (Å²) in [5, 5.41) is 9.74. The standard InChI is InChI=1S/C23H20N4O2/c1-14-5-7-17(8-6-14)20-18(11-24)22(25)29-19-10-15(2)27(23(28)21(19)20)13-16-4-3-9-26-12-16/h3-10,12,20H,13,25H2,1-2H3/t20-/m1/s1. The zero-order valence-corrected chi connectivity index (χ0v) is 16.2. The summed E-state index contributed by atoms with van der Waals surface area (Å²) in [6.45, 7) is 4.22. The van der Waals surface area contributed by atoms with Gasteiger partial charge in [-0.25, -0.2) is 0 Å². The first kappa shape index (κ1) is 18.5. The molecule has 0 saturated carbocycles. The van der Waals surface area contributed by atoms with Crippen LogP contribution in [0.15, 0.2) is 71.1 Å². The molecule has 1 aliphatic heterocycles. The first-order valence-corrected chi connectivity index (χ1v) is 9.27. The first-order chi connectivity index (χ1) is 14.0. The topological polar surface area (TPSA) is 93.9 Å². The van der Waals surface area contributed by atoms with Crippen LogP contribution in [0, 0.1) is 25.2 Å². The lowest BCUT2D eigenvalue weighted by Crippen LogP contribution is -2.33. The van der Waals surface area contributed by atoms with Crippen LogP contribution >= 0.6 is 0 Å². The van der Waals surface area contributed by atoms with E-state index in [0.29, 0.717) is 17.9 Å². The van der Waals surface area contributed by atoms with E-state index in [1.807, 2.05) is 50.2 Å². The number of fused-ring (bicyclic) bond motifs is 1. The second-order valence-electron chi connectivity index (χ2n) is 7.15. The molecule has 1 atom stereocenters. The second kappa shape index (κ2) is 7.28. The summed E-state index contributed by atoms with van der Waals surface area (Å²) in [6, 6.07) is 15.5. The number of hydrogen-bond acceptors (Lipinski definition) is 5. The highest BCUT2D eigenvalue weighted by molar-refractivity contribution is 5.55. The van der Waals surface area contributed by atoms with Gasteiger partial charge in [-0.2, -0.15) is 5.26 Å². The van der Waals surface area contributed by atoms with Crippen LogP contribution in [-0.4, -0.2) is 9.55 Å². The third-order valence-electron chi connectivity index (χ3n) is 5.16. The molecule has 0 bridgehead atoms. The molecule has 0 amide bonds. The van der Waals surface area contributed by atoms with Gasteiger partial charge in [0.25, 0.3) is 5.56 Å². The van der Waals surface area contributed by atoms with Crippen molar-refractivity contribution < 1.29 is 4.74 Å². The Morgan fingerprint density at radius 3 is 2.66 bits per heavy atom. The molecule has 0 unspecified atom stereocenters. The smallest absolute Gasteiger partial charge is 0.259 e. The number of benzene rings is 1. The van der Waals surface area contributed by atoms with Gasteiger partial charge in [0.2, 0.25) is 5.88 Å². The molecule has 144 valence electrons. The molecule has 0 fully saturated rings. The Bertz CT molecular complexity index is 1200. The van der Waals surface area contributed by atoms with Gasteiger partial charge in [-0.15, -0.1) is 0 Å². The van der Waals surface area contributed by atoms with Crippen molar-refractivity contribution in [3.8, 4) is 11.8 Å².